The molecule has 3 N–H and O–H groups in total. The summed E-state index contributed by atoms with van der Waals surface area (Å²) in [6.45, 7) is 0.906. The van der Waals surface area contributed by atoms with E-state index in [1.165, 1.54) is 0 Å². The lowest BCUT2D eigenvalue weighted by Gasteiger charge is -2.16. The molecule has 0 spiro atoms. The number of carbonyl (C=O) groups is 1. The number of carboxylic acid groups (broad SMARTS) is 1. The summed E-state index contributed by atoms with van der Waals surface area (Å²) in [5.41, 5.74) is 4.91. The molecule has 0 saturated carbocycles. The van der Waals surface area contributed by atoms with E-state index >= 15 is 0 Å². The summed E-state index contributed by atoms with van der Waals surface area (Å²) in [6.07, 6.45) is -4.95. The van der Waals surface area contributed by atoms with Gasteiger partial charge in [0, 0.05) is 0 Å². The van der Waals surface area contributed by atoms with Gasteiger partial charge in [0.05, 0.1) is 5.92 Å². The highest BCUT2D eigenvalue weighted by atomic mass is 19.4. The second-order valence-electron chi connectivity index (χ2n) is 2.62. The molecule has 0 saturated heterocycles. The zero-order valence-corrected chi connectivity index (χ0v) is 6.43. The Hall–Kier alpha value is -0.780. The quantitative estimate of drug-likeness (QED) is 0.689. The van der Waals surface area contributed by atoms with E-state index in [4.69, 9.17) is 10.8 Å². The van der Waals surface area contributed by atoms with Crippen LogP contribution in [0.25, 0.3) is 0 Å². The van der Waals surface area contributed by atoms with Gasteiger partial charge in [-0.2, -0.15) is 13.2 Å². The summed E-state index contributed by atoms with van der Waals surface area (Å²) in [4.78, 5) is 10.1. The molecule has 72 valence electrons. The van der Waals surface area contributed by atoms with Crippen LogP contribution >= 0.6 is 0 Å². The molecule has 0 aliphatic rings. The molecule has 0 heterocycles. The van der Waals surface area contributed by atoms with Gasteiger partial charge in [0.1, 0.15) is 6.04 Å². The fourth-order valence-electron chi connectivity index (χ4n) is 0.615. The number of hydrogen-bond acceptors (Lipinski definition) is 2. The van der Waals surface area contributed by atoms with Crippen molar-refractivity contribution < 1.29 is 23.1 Å². The van der Waals surface area contributed by atoms with Crippen molar-refractivity contribution in [2.45, 2.75) is 25.6 Å². The number of alkyl halides is 3. The van der Waals surface area contributed by atoms with Crippen molar-refractivity contribution in [3.63, 3.8) is 0 Å². The molecule has 6 heteroatoms. The Bertz CT molecular complexity index is 169. The normalized spacial score (nSPS) is 17.1. The first kappa shape index (κ1) is 11.2. The zero-order valence-electron chi connectivity index (χ0n) is 6.43. The van der Waals surface area contributed by atoms with E-state index in [1.807, 2.05) is 0 Å². The van der Waals surface area contributed by atoms with E-state index in [0.29, 0.717) is 0 Å². The van der Waals surface area contributed by atoms with Crippen LogP contribution in [0.1, 0.15) is 13.3 Å². The highest BCUT2D eigenvalue weighted by molar-refractivity contribution is 5.73. The molecule has 12 heavy (non-hydrogen) atoms. The minimum absolute atomic E-state index is 0.584. The fourth-order valence-corrected chi connectivity index (χ4v) is 0.615. The molecule has 0 aliphatic heterocycles. The monoisotopic (exact) mass is 185 g/mol. The molecule has 0 fully saturated rings. The van der Waals surface area contributed by atoms with Gasteiger partial charge in [-0.15, -0.1) is 0 Å². The van der Waals surface area contributed by atoms with Crippen molar-refractivity contribution in [1.29, 1.82) is 0 Å². The maximum atomic E-state index is 11.8. The number of nitrogens with two attached hydrogens (primary N) is 1. The summed E-state index contributed by atoms with van der Waals surface area (Å²) in [6, 6.07) is -1.44. The molecule has 0 aromatic heterocycles. The van der Waals surface area contributed by atoms with Crippen molar-refractivity contribution in [1.82, 2.24) is 0 Å². The van der Waals surface area contributed by atoms with Gasteiger partial charge in [-0.3, -0.25) is 4.79 Å². The number of aliphatic carboxylic acids is 1. The molecule has 0 bridgehead atoms. The zero-order chi connectivity index (χ0) is 9.94. The van der Waals surface area contributed by atoms with Crippen LogP contribution in [0.5, 0.6) is 0 Å². The first-order chi connectivity index (χ1) is 5.25. The highest BCUT2D eigenvalue weighted by Gasteiger charge is 2.37. The average molecular weight is 185 g/mol. The minimum Gasteiger partial charge on any atom is -0.480 e. The Labute approximate surface area is 67.4 Å². The third-order valence-electron chi connectivity index (χ3n) is 1.48. The van der Waals surface area contributed by atoms with Crippen LogP contribution in [0.3, 0.4) is 0 Å². The molecular formula is C6H10F3NO2. The molecule has 0 aromatic carbocycles. The van der Waals surface area contributed by atoms with Crippen molar-refractivity contribution >= 4 is 5.97 Å². The molecule has 0 aromatic rings. The maximum absolute atomic E-state index is 11.8. The Balaban J connectivity index is 4.01. The molecule has 0 radical (unpaired) electrons. The van der Waals surface area contributed by atoms with Crippen molar-refractivity contribution in [3.8, 4) is 0 Å². The Morgan fingerprint density at radius 3 is 2.25 bits per heavy atom. The lowest BCUT2D eigenvalue weighted by atomic mass is 10.0. The van der Waals surface area contributed by atoms with E-state index in [-0.39, 0.29) is 0 Å². The molecule has 0 amide bonds. The predicted molar refractivity (Wildman–Crippen MR) is 35.4 cm³/mol. The van der Waals surface area contributed by atoms with Crippen LogP contribution in [-0.4, -0.2) is 23.3 Å². The standard InChI is InChI=1S/C6H10F3NO2/c1-3(6(7,8)9)2-4(10)5(11)12/h3-4H,2,10H2,1H3,(H,11,12)/t3-,4?/m0/s1. The lowest BCUT2D eigenvalue weighted by Crippen LogP contribution is -2.35. The first-order valence-electron chi connectivity index (χ1n) is 3.30. The molecule has 1 unspecified atom stereocenters. The second kappa shape index (κ2) is 3.75. The first-order valence-corrected chi connectivity index (χ1v) is 3.30. The van der Waals surface area contributed by atoms with Crippen LogP contribution in [0.15, 0.2) is 0 Å². The van der Waals surface area contributed by atoms with Gasteiger partial charge in [0.2, 0.25) is 0 Å². The third kappa shape index (κ3) is 3.56. The van der Waals surface area contributed by atoms with E-state index < -0.39 is 30.5 Å². The summed E-state index contributed by atoms with van der Waals surface area (Å²) < 4.78 is 35.5. The lowest BCUT2D eigenvalue weighted by molar-refractivity contribution is -0.173. The minimum atomic E-state index is -4.37. The van der Waals surface area contributed by atoms with E-state index in [1.54, 1.807) is 0 Å². The average Bonchev–Trinajstić information content (AvgIpc) is 1.85. The van der Waals surface area contributed by atoms with Crippen LogP contribution < -0.4 is 5.73 Å². The summed E-state index contributed by atoms with van der Waals surface area (Å²) in [5.74, 6) is -3.09. The van der Waals surface area contributed by atoms with Crippen LogP contribution in [0.2, 0.25) is 0 Å². The Morgan fingerprint density at radius 1 is 1.58 bits per heavy atom. The molecule has 0 rings (SSSR count). The van der Waals surface area contributed by atoms with Gasteiger partial charge in [0.25, 0.3) is 0 Å². The Kier molecular flexibility index (Phi) is 3.51. The van der Waals surface area contributed by atoms with Crippen molar-refractivity contribution in [2.24, 2.45) is 11.7 Å². The van der Waals surface area contributed by atoms with Crippen molar-refractivity contribution in [3.05, 3.63) is 0 Å². The summed E-state index contributed by atoms with van der Waals surface area (Å²) >= 11 is 0. The van der Waals surface area contributed by atoms with Gasteiger partial charge in [-0.05, 0) is 6.42 Å². The topological polar surface area (TPSA) is 63.3 Å². The van der Waals surface area contributed by atoms with Crippen LogP contribution in [-0.2, 0) is 4.79 Å². The van der Waals surface area contributed by atoms with Crippen LogP contribution in [0, 0.1) is 5.92 Å². The largest absolute Gasteiger partial charge is 0.480 e. The van der Waals surface area contributed by atoms with E-state index in [0.717, 1.165) is 6.92 Å². The SMILES string of the molecule is C[C@@H](CC(N)C(=O)O)C(F)(F)F. The van der Waals surface area contributed by atoms with Gasteiger partial charge in [-0.25, -0.2) is 0 Å². The smallest absolute Gasteiger partial charge is 0.391 e. The van der Waals surface area contributed by atoms with Crippen molar-refractivity contribution in [2.75, 3.05) is 0 Å². The molecule has 3 nitrogen and oxygen atoms in total. The number of halogens is 3. The highest BCUT2D eigenvalue weighted by Crippen LogP contribution is 2.28. The maximum Gasteiger partial charge on any atom is 0.391 e. The molecule has 0 aliphatic carbocycles. The van der Waals surface area contributed by atoms with Crippen LogP contribution in [0.4, 0.5) is 13.2 Å². The fraction of sp³-hybridized carbons (Fsp3) is 0.833. The predicted octanol–water partition coefficient (Wildman–Crippen LogP) is 0.987. The summed E-state index contributed by atoms with van der Waals surface area (Å²) in [7, 11) is 0. The number of hydrogen-bond donors (Lipinski definition) is 2. The van der Waals surface area contributed by atoms with E-state index in [9.17, 15) is 18.0 Å². The third-order valence-corrected chi connectivity index (χ3v) is 1.48. The number of carboxylic acids is 1. The van der Waals surface area contributed by atoms with Gasteiger partial charge >= 0.3 is 12.1 Å². The second-order valence-corrected chi connectivity index (χ2v) is 2.62. The van der Waals surface area contributed by atoms with Gasteiger partial charge < -0.3 is 10.8 Å². The van der Waals surface area contributed by atoms with Gasteiger partial charge in [0.15, 0.2) is 0 Å². The number of rotatable bonds is 3. The molecule has 2 atom stereocenters. The molecular weight excluding hydrogens is 175 g/mol. The van der Waals surface area contributed by atoms with E-state index in [2.05, 4.69) is 0 Å². The Morgan fingerprint density at radius 2 is 2.00 bits per heavy atom. The summed E-state index contributed by atoms with van der Waals surface area (Å²) in [5, 5.41) is 8.20. The van der Waals surface area contributed by atoms with Gasteiger partial charge in [-0.1, -0.05) is 6.92 Å².